The van der Waals surface area contributed by atoms with E-state index in [0.717, 1.165) is 67.9 Å². The molecule has 1 atom stereocenters. The van der Waals surface area contributed by atoms with Gasteiger partial charge in [-0.3, -0.25) is 9.89 Å². The van der Waals surface area contributed by atoms with Crippen molar-refractivity contribution in [3.63, 3.8) is 0 Å². The Morgan fingerprint density at radius 1 is 0.529 bits per heavy atom. The largest absolute Gasteiger partial charge is 0.315 e. The number of hydrogen-bond donors (Lipinski definition) is 0. The van der Waals surface area contributed by atoms with Gasteiger partial charge in [0.05, 0.1) is 11.4 Å². The summed E-state index contributed by atoms with van der Waals surface area (Å²) in [5.74, 6) is 0.879. The SMILES string of the molecule is CC1=NC(C)(N(c2ccc3ccccc3c2)c2c3ccccc3c(N(c3ccc4ccccc4c3)c3cccc(C)n3)c3ccccc23)CC=C1. The van der Waals surface area contributed by atoms with E-state index in [4.69, 9.17) is 9.98 Å². The molecule has 246 valence electrons. The molecule has 4 heteroatoms. The second-order valence-electron chi connectivity index (χ2n) is 13.7. The number of pyridine rings is 1. The van der Waals surface area contributed by atoms with Crippen molar-refractivity contribution >= 4 is 77.4 Å². The van der Waals surface area contributed by atoms with Crippen LogP contribution in [0.15, 0.2) is 169 Å². The lowest BCUT2D eigenvalue weighted by atomic mass is 9.92. The van der Waals surface area contributed by atoms with Gasteiger partial charge >= 0.3 is 0 Å². The summed E-state index contributed by atoms with van der Waals surface area (Å²) < 4.78 is 0. The number of benzene rings is 7. The zero-order valence-electron chi connectivity index (χ0n) is 29.1. The van der Waals surface area contributed by atoms with E-state index in [1.807, 2.05) is 0 Å². The number of anilines is 5. The van der Waals surface area contributed by atoms with E-state index in [1.54, 1.807) is 0 Å². The Bertz CT molecular complexity index is 2630. The van der Waals surface area contributed by atoms with E-state index in [1.165, 1.54) is 21.5 Å². The van der Waals surface area contributed by atoms with Gasteiger partial charge in [0.25, 0.3) is 0 Å². The van der Waals surface area contributed by atoms with Gasteiger partial charge in [-0.1, -0.05) is 121 Å². The average molecular weight is 659 g/mol. The van der Waals surface area contributed by atoms with Crippen molar-refractivity contribution in [2.45, 2.75) is 32.9 Å². The molecule has 0 spiro atoms. The van der Waals surface area contributed by atoms with Crippen molar-refractivity contribution < 1.29 is 0 Å². The van der Waals surface area contributed by atoms with Crippen molar-refractivity contribution in [1.29, 1.82) is 0 Å². The van der Waals surface area contributed by atoms with E-state index in [0.29, 0.717) is 0 Å². The number of allylic oxidation sites excluding steroid dienone is 1. The fourth-order valence-corrected chi connectivity index (χ4v) is 7.93. The number of hydrogen-bond acceptors (Lipinski definition) is 4. The van der Waals surface area contributed by atoms with Crippen LogP contribution in [-0.4, -0.2) is 16.4 Å². The quantitative estimate of drug-likeness (QED) is 0.132. The van der Waals surface area contributed by atoms with Crippen LogP contribution >= 0.6 is 0 Å². The summed E-state index contributed by atoms with van der Waals surface area (Å²) in [4.78, 5) is 15.4. The fourth-order valence-electron chi connectivity index (χ4n) is 7.93. The summed E-state index contributed by atoms with van der Waals surface area (Å²) in [6.45, 7) is 6.43. The second kappa shape index (κ2) is 12.3. The number of dihydropyridines is 1. The fraction of sp³-hybridized carbons (Fsp3) is 0.106. The minimum Gasteiger partial charge on any atom is -0.315 e. The molecule has 0 amide bonds. The summed E-state index contributed by atoms with van der Waals surface area (Å²) in [7, 11) is 0. The third-order valence-electron chi connectivity index (χ3n) is 10.2. The molecule has 0 fully saturated rings. The van der Waals surface area contributed by atoms with Crippen LogP contribution in [0.25, 0.3) is 43.1 Å². The third-order valence-corrected chi connectivity index (χ3v) is 10.2. The Balaban J connectivity index is 1.39. The molecule has 1 aliphatic heterocycles. The van der Waals surface area contributed by atoms with Gasteiger partial charge in [-0.05, 0) is 84.8 Å². The summed E-state index contributed by atoms with van der Waals surface area (Å²) >= 11 is 0. The molecule has 7 aromatic carbocycles. The standard InChI is InChI=1S/C47H38N4/c1-32-14-12-24-44(48-32)50(38-27-25-34-16-4-6-18-36(34)30-38)45-40-20-8-10-22-42(40)46(43-23-11-9-21-41(43)45)51(47(3)29-13-15-33(2)49-47)39-28-26-35-17-5-7-19-37(35)31-39/h4-28,30-31H,29H2,1-3H3. The van der Waals surface area contributed by atoms with Crippen LogP contribution in [0.3, 0.4) is 0 Å². The van der Waals surface area contributed by atoms with Gasteiger partial charge in [-0.15, -0.1) is 0 Å². The first-order valence-electron chi connectivity index (χ1n) is 17.6. The van der Waals surface area contributed by atoms with Gasteiger partial charge in [0, 0.05) is 50.7 Å². The first kappa shape index (κ1) is 30.8. The van der Waals surface area contributed by atoms with E-state index in [9.17, 15) is 0 Å². The maximum atomic E-state index is 5.39. The molecule has 1 unspecified atom stereocenters. The van der Waals surface area contributed by atoms with Crippen LogP contribution in [-0.2, 0) is 0 Å². The first-order valence-corrected chi connectivity index (χ1v) is 17.6. The van der Waals surface area contributed by atoms with E-state index in [-0.39, 0.29) is 0 Å². The smallest absolute Gasteiger partial charge is 0.137 e. The number of nitrogens with zero attached hydrogens (tertiary/aromatic N) is 4. The number of aryl methyl sites for hydroxylation is 1. The molecule has 0 saturated carbocycles. The zero-order valence-corrected chi connectivity index (χ0v) is 29.1. The van der Waals surface area contributed by atoms with Crippen molar-refractivity contribution in [2.75, 3.05) is 9.80 Å². The van der Waals surface area contributed by atoms with Gasteiger partial charge in [0.2, 0.25) is 0 Å². The molecule has 2 heterocycles. The highest BCUT2D eigenvalue weighted by Gasteiger charge is 2.36. The van der Waals surface area contributed by atoms with Crippen molar-refractivity contribution in [2.24, 2.45) is 4.99 Å². The molecule has 1 aliphatic rings. The third kappa shape index (κ3) is 5.32. The highest BCUT2D eigenvalue weighted by atomic mass is 15.3. The average Bonchev–Trinajstić information content (AvgIpc) is 3.15. The van der Waals surface area contributed by atoms with E-state index in [2.05, 4.69) is 194 Å². The predicted octanol–water partition coefficient (Wildman–Crippen LogP) is 12.7. The summed E-state index contributed by atoms with van der Waals surface area (Å²) in [5, 5.41) is 9.41. The van der Waals surface area contributed by atoms with Crippen LogP contribution in [0.1, 0.15) is 26.0 Å². The zero-order chi connectivity index (χ0) is 34.5. The summed E-state index contributed by atoms with van der Waals surface area (Å²) in [6, 6.07) is 54.7. The lowest BCUT2D eigenvalue weighted by Gasteiger charge is -2.43. The van der Waals surface area contributed by atoms with Crippen LogP contribution in [0.5, 0.6) is 0 Å². The van der Waals surface area contributed by atoms with Gasteiger partial charge in [-0.2, -0.15) is 0 Å². The molecule has 9 rings (SSSR count). The van der Waals surface area contributed by atoms with Crippen LogP contribution in [0, 0.1) is 6.92 Å². The normalized spacial score (nSPS) is 15.8. The molecule has 0 bridgehead atoms. The first-order chi connectivity index (χ1) is 25.0. The van der Waals surface area contributed by atoms with E-state index < -0.39 is 5.66 Å². The number of aromatic nitrogens is 1. The van der Waals surface area contributed by atoms with Gasteiger partial charge in [-0.25, -0.2) is 4.98 Å². The minimum atomic E-state index is -0.565. The Labute approximate surface area is 298 Å². The van der Waals surface area contributed by atoms with E-state index >= 15 is 0 Å². The molecular weight excluding hydrogens is 621 g/mol. The molecule has 0 radical (unpaired) electrons. The van der Waals surface area contributed by atoms with Crippen molar-refractivity contribution in [3.05, 3.63) is 170 Å². The van der Waals surface area contributed by atoms with Gasteiger partial charge < -0.3 is 4.90 Å². The second-order valence-corrected chi connectivity index (χ2v) is 13.7. The molecule has 4 nitrogen and oxygen atoms in total. The summed E-state index contributed by atoms with van der Waals surface area (Å²) in [5.41, 5.74) is 5.84. The minimum absolute atomic E-state index is 0.565. The number of aliphatic imine (C=N–C) groups is 1. The van der Waals surface area contributed by atoms with Crippen LogP contribution < -0.4 is 9.80 Å². The molecule has 0 N–H and O–H groups in total. The lowest BCUT2D eigenvalue weighted by Crippen LogP contribution is -2.43. The van der Waals surface area contributed by atoms with Crippen molar-refractivity contribution in [3.8, 4) is 0 Å². The molecule has 1 aromatic heterocycles. The highest BCUT2D eigenvalue weighted by molar-refractivity contribution is 6.22. The molecule has 0 aliphatic carbocycles. The monoisotopic (exact) mass is 658 g/mol. The Morgan fingerprint density at radius 3 is 1.65 bits per heavy atom. The maximum Gasteiger partial charge on any atom is 0.137 e. The van der Waals surface area contributed by atoms with Crippen molar-refractivity contribution in [1.82, 2.24) is 4.98 Å². The topological polar surface area (TPSA) is 31.7 Å². The number of fused-ring (bicyclic) bond motifs is 4. The predicted molar refractivity (Wildman–Crippen MR) is 218 cm³/mol. The maximum absolute atomic E-state index is 5.39. The summed E-state index contributed by atoms with van der Waals surface area (Å²) in [6.07, 6.45) is 5.17. The lowest BCUT2D eigenvalue weighted by molar-refractivity contribution is 0.485. The Kier molecular flexibility index (Phi) is 7.40. The molecular formula is C47H38N4. The van der Waals surface area contributed by atoms with Crippen LogP contribution in [0.2, 0.25) is 0 Å². The molecule has 0 saturated heterocycles. The highest BCUT2D eigenvalue weighted by Crippen LogP contribution is 2.51. The molecule has 51 heavy (non-hydrogen) atoms. The molecule has 8 aromatic rings. The van der Waals surface area contributed by atoms with Gasteiger partial charge in [0.15, 0.2) is 0 Å². The Hall–Kier alpha value is -6.26. The van der Waals surface area contributed by atoms with Crippen LogP contribution in [0.4, 0.5) is 28.6 Å². The Morgan fingerprint density at radius 2 is 1.06 bits per heavy atom. The van der Waals surface area contributed by atoms with Gasteiger partial charge in [0.1, 0.15) is 11.5 Å². The number of rotatable bonds is 6.